The van der Waals surface area contributed by atoms with E-state index < -0.39 is 5.97 Å². The Morgan fingerprint density at radius 3 is 2.53 bits per heavy atom. The van der Waals surface area contributed by atoms with E-state index in [9.17, 15) is 14.7 Å². The highest BCUT2D eigenvalue weighted by molar-refractivity contribution is 5.94. The minimum atomic E-state index is -0.877. The summed E-state index contributed by atoms with van der Waals surface area (Å²) >= 11 is 0. The third-order valence-corrected chi connectivity index (χ3v) is 6.11. The van der Waals surface area contributed by atoms with Gasteiger partial charge in [0.05, 0.1) is 18.1 Å². The van der Waals surface area contributed by atoms with Crippen LogP contribution in [0.5, 0.6) is 0 Å². The van der Waals surface area contributed by atoms with Crippen LogP contribution in [-0.2, 0) is 17.8 Å². The van der Waals surface area contributed by atoms with Gasteiger partial charge in [-0.3, -0.25) is 9.59 Å². The van der Waals surface area contributed by atoms with E-state index in [-0.39, 0.29) is 18.2 Å². The molecule has 5 nitrogen and oxygen atoms in total. The van der Waals surface area contributed by atoms with Crippen molar-refractivity contribution in [3.05, 3.63) is 106 Å². The maximum atomic E-state index is 12.9. The second kappa shape index (κ2) is 9.07. The molecule has 3 aromatic rings. The van der Waals surface area contributed by atoms with E-state index in [0.717, 1.165) is 28.7 Å². The van der Waals surface area contributed by atoms with E-state index in [0.29, 0.717) is 24.2 Å². The van der Waals surface area contributed by atoms with Gasteiger partial charge in [-0.05, 0) is 65.4 Å². The molecule has 4 rings (SSSR count). The van der Waals surface area contributed by atoms with Crippen molar-refractivity contribution in [3.8, 4) is 6.07 Å². The molecule has 1 amide bonds. The number of nitriles is 1. The monoisotopic (exact) mass is 424 g/mol. The van der Waals surface area contributed by atoms with Crippen LogP contribution >= 0.6 is 0 Å². The number of carboxylic acids is 1. The Labute approximate surface area is 187 Å². The first-order valence-corrected chi connectivity index (χ1v) is 10.6. The number of carboxylic acid groups (broad SMARTS) is 1. The number of amides is 1. The molecule has 0 aliphatic carbocycles. The molecule has 1 aliphatic heterocycles. The normalized spacial score (nSPS) is 13.7. The fourth-order valence-corrected chi connectivity index (χ4v) is 4.45. The maximum absolute atomic E-state index is 12.9. The first kappa shape index (κ1) is 21.3. The molecule has 1 heterocycles. The molecule has 160 valence electrons. The van der Waals surface area contributed by atoms with Gasteiger partial charge in [-0.2, -0.15) is 5.26 Å². The van der Waals surface area contributed by atoms with Crippen molar-refractivity contribution in [2.45, 2.75) is 32.2 Å². The molecule has 0 bridgehead atoms. The van der Waals surface area contributed by atoms with Gasteiger partial charge >= 0.3 is 5.97 Å². The minimum absolute atomic E-state index is 0.00618. The standard InChI is InChI=1S/C27H24N2O3/c1-18-13-19(16-28)7-10-24(18)25(15-26(30)31)22-9-8-20-11-12-29(17-23(20)14-22)27(32)21-5-3-2-4-6-21/h2-10,13-14,25H,11-12,15,17H2,1H3,(H,30,31). The van der Waals surface area contributed by atoms with Crippen molar-refractivity contribution in [1.82, 2.24) is 4.90 Å². The summed E-state index contributed by atoms with van der Waals surface area (Å²) in [7, 11) is 0. The number of carbonyl (C=O) groups is 2. The van der Waals surface area contributed by atoms with Crippen molar-refractivity contribution in [3.63, 3.8) is 0 Å². The van der Waals surface area contributed by atoms with Crippen LogP contribution in [0.1, 0.15) is 56.1 Å². The number of fused-ring (bicyclic) bond motifs is 1. The summed E-state index contributed by atoms with van der Waals surface area (Å²) in [5.41, 5.74) is 6.18. The number of hydrogen-bond donors (Lipinski definition) is 1. The second-order valence-electron chi connectivity index (χ2n) is 8.20. The predicted octanol–water partition coefficient (Wildman–Crippen LogP) is 4.67. The molecule has 0 radical (unpaired) electrons. The molecule has 1 aliphatic rings. The lowest BCUT2D eigenvalue weighted by molar-refractivity contribution is -0.137. The number of aryl methyl sites for hydroxylation is 1. The van der Waals surface area contributed by atoms with Crippen molar-refractivity contribution < 1.29 is 14.7 Å². The Kier molecular flexibility index (Phi) is 6.04. The molecule has 1 atom stereocenters. The Balaban J connectivity index is 1.66. The highest BCUT2D eigenvalue weighted by atomic mass is 16.4. The van der Waals surface area contributed by atoms with Gasteiger partial charge in [0.1, 0.15) is 0 Å². The number of aliphatic carboxylic acids is 1. The summed E-state index contributed by atoms with van der Waals surface area (Å²) in [5.74, 6) is -1.20. The molecule has 0 aromatic heterocycles. The quantitative estimate of drug-likeness (QED) is 0.645. The molecule has 32 heavy (non-hydrogen) atoms. The largest absolute Gasteiger partial charge is 0.481 e. The molecule has 1 unspecified atom stereocenters. The van der Waals surface area contributed by atoms with Crippen LogP contribution in [0, 0.1) is 18.3 Å². The Bertz CT molecular complexity index is 1210. The zero-order valence-electron chi connectivity index (χ0n) is 17.9. The first-order valence-electron chi connectivity index (χ1n) is 10.6. The van der Waals surface area contributed by atoms with Gasteiger partial charge in [0, 0.05) is 24.6 Å². The Hall–Kier alpha value is -3.91. The zero-order chi connectivity index (χ0) is 22.7. The maximum Gasteiger partial charge on any atom is 0.304 e. The number of hydrogen-bond acceptors (Lipinski definition) is 3. The SMILES string of the molecule is Cc1cc(C#N)ccc1C(CC(=O)O)c1ccc2c(c1)CN(C(=O)c1ccccc1)CC2. The van der Waals surface area contributed by atoms with Crippen LogP contribution in [-0.4, -0.2) is 28.4 Å². The average molecular weight is 425 g/mol. The summed E-state index contributed by atoms with van der Waals surface area (Å²) in [4.78, 5) is 26.4. The van der Waals surface area contributed by atoms with E-state index in [1.54, 1.807) is 12.1 Å². The average Bonchev–Trinajstić information content (AvgIpc) is 2.82. The molecular formula is C27H24N2O3. The summed E-state index contributed by atoms with van der Waals surface area (Å²) < 4.78 is 0. The molecule has 0 spiro atoms. The highest BCUT2D eigenvalue weighted by Crippen LogP contribution is 2.33. The van der Waals surface area contributed by atoms with E-state index in [2.05, 4.69) is 12.1 Å². The van der Waals surface area contributed by atoms with Crippen LogP contribution in [0.4, 0.5) is 0 Å². The lowest BCUT2D eigenvalue weighted by Gasteiger charge is -2.30. The predicted molar refractivity (Wildman–Crippen MR) is 121 cm³/mol. The van der Waals surface area contributed by atoms with Crippen molar-refractivity contribution in [1.29, 1.82) is 5.26 Å². The smallest absolute Gasteiger partial charge is 0.304 e. The van der Waals surface area contributed by atoms with E-state index in [4.69, 9.17) is 5.26 Å². The van der Waals surface area contributed by atoms with Gasteiger partial charge in [0.2, 0.25) is 0 Å². The first-order chi connectivity index (χ1) is 15.5. The van der Waals surface area contributed by atoms with Crippen LogP contribution < -0.4 is 0 Å². The van der Waals surface area contributed by atoms with Gasteiger partial charge in [0.25, 0.3) is 5.91 Å². The van der Waals surface area contributed by atoms with Gasteiger partial charge < -0.3 is 10.0 Å². The van der Waals surface area contributed by atoms with E-state index in [1.165, 1.54) is 5.56 Å². The van der Waals surface area contributed by atoms with Gasteiger partial charge in [-0.15, -0.1) is 0 Å². The van der Waals surface area contributed by atoms with Crippen molar-refractivity contribution >= 4 is 11.9 Å². The Morgan fingerprint density at radius 1 is 1.06 bits per heavy atom. The lowest BCUT2D eigenvalue weighted by atomic mass is 9.83. The fraction of sp³-hybridized carbons (Fsp3) is 0.222. The number of nitrogens with zero attached hydrogens (tertiary/aromatic N) is 2. The number of rotatable bonds is 5. The molecule has 5 heteroatoms. The summed E-state index contributed by atoms with van der Waals surface area (Å²) in [5, 5.41) is 18.7. The third kappa shape index (κ3) is 4.40. The summed E-state index contributed by atoms with van der Waals surface area (Å²) in [6.45, 7) is 3.07. The molecule has 1 N–H and O–H groups in total. The summed E-state index contributed by atoms with van der Waals surface area (Å²) in [6, 6.07) is 22.9. The molecule has 0 saturated carbocycles. The molecule has 0 fully saturated rings. The number of carbonyl (C=O) groups excluding carboxylic acids is 1. The second-order valence-corrected chi connectivity index (χ2v) is 8.20. The number of benzene rings is 3. The van der Waals surface area contributed by atoms with Gasteiger partial charge in [-0.25, -0.2) is 0 Å². The topological polar surface area (TPSA) is 81.4 Å². The van der Waals surface area contributed by atoms with Crippen LogP contribution in [0.15, 0.2) is 66.7 Å². The van der Waals surface area contributed by atoms with Crippen molar-refractivity contribution in [2.75, 3.05) is 6.54 Å². The van der Waals surface area contributed by atoms with Crippen molar-refractivity contribution in [2.24, 2.45) is 0 Å². The Morgan fingerprint density at radius 2 is 1.84 bits per heavy atom. The van der Waals surface area contributed by atoms with Crippen LogP contribution in [0.25, 0.3) is 0 Å². The summed E-state index contributed by atoms with van der Waals surface area (Å²) in [6.07, 6.45) is 0.728. The van der Waals surface area contributed by atoms with Gasteiger partial charge in [-0.1, -0.05) is 42.5 Å². The third-order valence-electron chi connectivity index (χ3n) is 6.11. The van der Waals surface area contributed by atoms with E-state index in [1.807, 2.05) is 60.4 Å². The zero-order valence-corrected chi connectivity index (χ0v) is 17.9. The molecular weight excluding hydrogens is 400 g/mol. The van der Waals surface area contributed by atoms with Gasteiger partial charge in [0.15, 0.2) is 0 Å². The highest BCUT2D eigenvalue weighted by Gasteiger charge is 2.25. The lowest BCUT2D eigenvalue weighted by Crippen LogP contribution is -2.36. The van der Waals surface area contributed by atoms with Crippen LogP contribution in [0.3, 0.4) is 0 Å². The van der Waals surface area contributed by atoms with Crippen LogP contribution in [0.2, 0.25) is 0 Å². The minimum Gasteiger partial charge on any atom is -0.481 e. The van der Waals surface area contributed by atoms with E-state index >= 15 is 0 Å². The molecule has 3 aromatic carbocycles. The fourth-order valence-electron chi connectivity index (χ4n) is 4.45. The molecule has 0 saturated heterocycles.